The van der Waals surface area contributed by atoms with Crippen molar-refractivity contribution in [1.29, 1.82) is 0 Å². The zero-order chi connectivity index (χ0) is 13.6. The van der Waals surface area contributed by atoms with E-state index < -0.39 is 0 Å². The van der Waals surface area contributed by atoms with Crippen LogP contribution < -0.4 is 0 Å². The molecule has 3 heteroatoms. The van der Waals surface area contributed by atoms with Crippen LogP contribution in [0.1, 0.15) is 26.6 Å². The molecule has 0 aliphatic rings. The zero-order valence-electron chi connectivity index (χ0n) is 11.9. The predicted molar refractivity (Wildman–Crippen MR) is 79.2 cm³/mol. The fourth-order valence-corrected chi connectivity index (χ4v) is 2.51. The van der Waals surface area contributed by atoms with Gasteiger partial charge in [-0.3, -0.25) is 0 Å². The maximum Gasteiger partial charge on any atom is 0.129 e. The van der Waals surface area contributed by atoms with E-state index in [1.165, 1.54) is 10.9 Å². The van der Waals surface area contributed by atoms with Crippen LogP contribution in [0.4, 0.5) is 0 Å². The summed E-state index contributed by atoms with van der Waals surface area (Å²) in [5.74, 6) is 0.927. The second-order valence-electron chi connectivity index (χ2n) is 6.33. The van der Waals surface area contributed by atoms with E-state index in [-0.39, 0.29) is 5.41 Å². The van der Waals surface area contributed by atoms with Gasteiger partial charge in [-0.25, -0.2) is 9.97 Å². The molecule has 19 heavy (non-hydrogen) atoms. The molecule has 0 aliphatic carbocycles. The SMILES string of the molecule is Cn1c2ccccc2c2nc(CC(C)(C)C)ncc21. The molecule has 3 nitrogen and oxygen atoms in total. The van der Waals surface area contributed by atoms with E-state index in [4.69, 9.17) is 4.98 Å². The molecule has 0 amide bonds. The molecule has 1 aromatic carbocycles. The Morgan fingerprint density at radius 1 is 1.11 bits per heavy atom. The van der Waals surface area contributed by atoms with Gasteiger partial charge < -0.3 is 4.57 Å². The number of aryl methyl sites for hydroxylation is 1. The minimum Gasteiger partial charge on any atom is -0.341 e. The van der Waals surface area contributed by atoms with E-state index in [2.05, 4.69) is 61.6 Å². The van der Waals surface area contributed by atoms with Crippen LogP contribution >= 0.6 is 0 Å². The van der Waals surface area contributed by atoms with Gasteiger partial charge in [-0.1, -0.05) is 39.0 Å². The van der Waals surface area contributed by atoms with Crippen molar-refractivity contribution in [3.05, 3.63) is 36.3 Å². The van der Waals surface area contributed by atoms with Gasteiger partial charge in [0.15, 0.2) is 0 Å². The Morgan fingerprint density at radius 2 is 1.84 bits per heavy atom. The Bertz CT molecular complexity index is 748. The van der Waals surface area contributed by atoms with E-state index in [0.717, 1.165) is 23.3 Å². The summed E-state index contributed by atoms with van der Waals surface area (Å²) in [6.07, 6.45) is 2.84. The molecule has 0 fully saturated rings. The maximum atomic E-state index is 4.78. The molecule has 3 rings (SSSR count). The smallest absolute Gasteiger partial charge is 0.129 e. The van der Waals surface area contributed by atoms with Crippen molar-refractivity contribution in [3.8, 4) is 0 Å². The number of para-hydroxylation sites is 1. The van der Waals surface area contributed by atoms with Gasteiger partial charge in [-0.05, 0) is 11.5 Å². The van der Waals surface area contributed by atoms with Gasteiger partial charge in [-0.2, -0.15) is 0 Å². The number of nitrogens with zero attached hydrogens (tertiary/aromatic N) is 3. The molecule has 2 heterocycles. The maximum absolute atomic E-state index is 4.78. The lowest BCUT2D eigenvalue weighted by Gasteiger charge is -2.16. The molecule has 0 unspecified atom stereocenters. The van der Waals surface area contributed by atoms with E-state index in [0.29, 0.717) is 0 Å². The molecule has 3 aromatic rings. The third kappa shape index (κ3) is 2.09. The molecule has 0 atom stereocenters. The van der Waals surface area contributed by atoms with Crippen LogP contribution in [0, 0.1) is 5.41 Å². The third-order valence-corrected chi connectivity index (χ3v) is 3.39. The number of hydrogen-bond donors (Lipinski definition) is 0. The highest BCUT2D eigenvalue weighted by Gasteiger charge is 2.15. The highest BCUT2D eigenvalue weighted by Crippen LogP contribution is 2.27. The average molecular weight is 253 g/mol. The van der Waals surface area contributed by atoms with Crippen LogP contribution in [0.5, 0.6) is 0 Å². The number of benzene rings is 1. The van der Waals surface area contributed by atoms with Crippen LogP contribution in [-0.4, -0.2) is 14.5 Å². The summed E-state index contributed by atoms with van der Waals surface area (Å²) in [7, 11) is 2.07. The number of hydrogen-bond acceptors (Lipinski definition) is 2. The Hall–Kier alpha value is -1.90. The molecule has 0 radical (unpaired) electrons. The lowest BCUT2D eigenvalue weighted by Crippen LogP contribution is -2.11. The van der Waals surface area contributed by atoms with Gasteiger partial charge in [0.25, 0.3) is 0 Å². The number of fused-ring (bicyclic) bond motifs is 3. The molecule has 0 spiro atoms. The Labute approximate surface area is 113 Å². The summed E-state index contributed by atoms with van der Waals surface area (Å²) >= 11 is 0. The summed E-state index contributed by atoms with van der Waals surface area (Å²) in [6.45, 7) is 6.64. The normalized spacial score (nSPS) is 12.4. The van der Waals surface area contributed by atoms with Crippen molar-refractivity contribution in [2.45, 2.75) is 27.2 Å². The molecule has 0 bridgehead atoms. The summed E-state index contributed by atoms with van der Waals surface area (Å²) in [5, 5.41) is 1.21. The molecular formula is C16H19N3. The second kappa shape index (κ2) is 4.05. The van der Waals surface area contributed by atoms with Crippen molar-refractivity contribution in [2.75, 3.05) is 0 Å². The lowest BCUT2D eigenvalue weighted by molar-refractivity contribution is 0.401. The van der Waals surface area contributed by atoms with E-state index >= 15 is 0 Å². The van der Waals surface area contributed by atoms with Crippen molar-refractivity contribution in [2.24, 2.45) is 12.5 Å². The fourth-order valence-electron chi connectivity index (χ4n) is 2.51. The second-order valence-corrected chi connectivity index (χ2v) is 6.33. The molecule has 0 aliphatic heterocycles. The fraction of sp³-hybridized carbons (Fsp3) is 0.375. The van der Waals surface area contributed by atoms with Gasteiger partial charge in [0, 0.05) is 18.9 Å². The molecule has 0 N–H and O–H groups in total. The van der Waals surface area contributed by atoms with Crippen LogP contribution in [-0.2, 0) is 13.5 Å². The molecule has 2 aromatic heterocycles. The van der Waals surface area contributed by atoms with Gasteiger partial charge in [0.1, 0.15) is 5.82 Å². The average Bonchev–Trinajstić information content (AvgIpc) is 2.62. The molecule has 0 saturated heterocycles. The molecule has 98 valence electrons. The minimum atomic E-state index is 0.207. The Balaban J connectivity index is 2.25. The van der Waals surface area contributed by atoms with E-state index in [1.807, 2.05) is 6.20 Å². The van der Waals surface area contributed by atoms with Crippen LogP contribution in [0.25, 0.3) is 21.9 Å². The first kappa shape index (κ1) is 12.2. The lowest BCUT2D eigenvalue weighted by atomic mass is 9.92. The van der Waals surface area contributed by atoms with Crippen molar-refractivity contribution >= 4 is 21.9 Å². The van der Waals surface area contributed by atoms with Crippen molar-refractivity contribution in [3.63, 3.8) is 0 Å². The monoisotopic (exact) mass is 253 g/mol. The summed E-state index contributed by atoms with van der Waals surface area (Å²) in [6, 6.07) is 8.38. The number of aromatic nitrogens is 3. The predicted octanol–water partition coefficient (Wildman–Crippen LogP) is 3.71. The highest BCUT2D eigenvalue weighted by atomic mass is 15.0. The van der Waals surface area contributed by atoms with E-state index in [1.54, 1.807) is 0 Å². The summed E-state index contributed by atoms with van der Waals surface area (Å²) in [5.41, 5.74) is 3.57. The Morgan fingerprint density at radius 3 is 2.58 bits per heavy atom. The van der Waals surface area contributed by atoms with Gasteiger partial charge >= 0.3 is 0 Å². The van der Waals surface area contributed by atoms with Gasteiger partial charge in [-0.15, -0.1) is 0 Å². The van der Waals surface area contributed by atoms with Gasteiger partial charge in [0.05, 0.1) is 22.7 Å². The number of rotatable bonds is 1. The van der Waals surface area contributed by atoms with Crippen LogP contribution in [0.3, 0.4) is 0 Å². The van der Waals surface area contributed by atoms with Gasteiger partial charge in [0.2, 0.25) is 0 Å². The first-order valence-corrected chi connectivity index (χ1v) is 6.65. The van der Waals surface area contributed by atoms with Crippen molar-refractivity contribution < 1.29 is 0 Å². The van der Waals surface area contributed by atoms with Crippen LogP contribution in [0.15, 0.2) is 30.5 Å². The standard InChI is InChI=1S/C16H19N3/c1-16(2,3)9-14-17-10-13-15(18-14)11-7-5-6-8-12(11)19(13)4/h5-8,10H,9H2,1-4H3. The highest BCUT2D eigenvalue weighted by molar-refractivity contribution is 6.05. The Kier molecular flexibility index (Phi) is 2.59. The quantitative estimate of drug-likeness (QED) is 0.662. The summed E-state index contributed by atoms with van der Waals surface area (Å²) < 4.78 is 2.16. The topological polar surface area (TPSA) is 30.7 Å². The minimum absolute atomic E-state index is 0.207. The van der Waals surface area contributed by atoms with Crippen molar-refractivity contribution in [1.82, 2.24) is 14.5 Å². The first-order valence-electron chi connectivity index (χ1n) is 6.65. The summed E-state index contributed by atoms with van der Waals surface area (Å²) in [4.78, 5) is 9.29. The van der Waals surface area contributed by atoms with E-state index in [9.17, 15) is 0 Å². The first-order chi connectivity index (χ1) is 8.96. The molecular weight excluding hydrogens is 234 g/mol. The zero-order valence-corrected chi connectivity index (χ0v) is 11.9. The molecule has 0 saturated carbocycles. The van der Waals surface area contributed by atoms with Crippen LogP contribution in [0.2, 0.25) is 0 Å². The largest absolute Gasteiger partial charge is 0.341 e. The third-order valence-electron chi connectivity index (χ3n) is 3.39.